The lowest BCUT2D eigenvalue weighted by molar-refractivity contribution is -0.135. The summed E-state index contributed by atoms with van der Waals surface area (Å²) in [5.41, 5.74) is 7.49. The number of amides is 1. The van der Waals surface area contributed by atoms with E-state index in [-0.39, 0.29) is 36.2 Å². The Morgan fingerprint density at radius 1 is 1.38 bits per heavy atom. The van der Waals surface area contributed by atoms with Gasteiger partial charge in [0, 0.05) is 32.2 Å². The highest BCUT2D eigenvalue weighted by atomic mass is 35.5. The molecule has 2 heterocycles. The maximum atomic E-state index is 13.3. The molecule has 3 atom stereocenters. The van der Waals surface area contributed by atoms with Crippen molar-refractivity contribution in [1.82, 2.24) is 21.1 Å². The quantitative estimate of drug-likeness (QED) is 0.689. The summed E-state index contributed by atoms with van der Waals surface area (Å²) in [6.45, 7) is 2.57. The molecule has 0 saturated carbocycles. The van der Waals surface area contributed by atoms with E-state index < -0.39 is 0 Å². The van der Waals surface area contributed by atoms with E-state index in [0.717, 1.165) is 37.9 Å². The van der Waals surface area contributed by atoms with Crippen LogP contribution in [0.1, 0.15) is 30.9 Å². The highest BCUT2D eigenvalue weighted by Crippen LogP contribution is 2.24. The van der Waals surface area contributed by atoms with E-state index in [0.29, 0.717) is 19.3 Å². The summed E-state index contributed by atoms with van der Waals surface area (Å²) in [5.74, 6) is -0.113. The van der Waals surface area contributed by atoms with Gasteiger partial charge in [0.2, 0.25) is 5.91 Å². The lowest BCUT2D eigenvalue weighted by atomic mass is 9.99. The lowest BCUT2D eigenvalue weighted by Crippen LogP contribution is -2.51. The van der Waals surface area contributed by atoms with Gasteiger partial charge >= 0.3 is 0 Å². The van der Waals surface area contributed by atoms with Crippen LogP contribution in [0.15, 0.2) is 24.3 Å². The predicted octanol–water partition coefficient (Wildman–Crippen LogP) is 1.38. The number of morpholine rings is 1. The number of hydrogen-bond donors (Lipinski definition) is 3. The van der Waals surface area contributed by atoms with Gasteiger partial charge in [-0.15, -0.1) is 12.4 Å². The van der Waals surface area contributed by atoms with E-state index in [1.807, 2.05) is 13.1 Å². The first kappa shape index (κ1) is 21.1. The minimum atomic E-state index is -0.220. The third-order valence-electron chi connectivity index (χ3n) is 4.88. The molecule has 8 heteroatoms. The number of benzene rings is 1. The average Bonchev–Trinajstić information content (AvgIpc) is 3.11. The van der Waals surface area contributed by atoms with Crippen molar-refractivity contribution < 1.29 is 13.9 Å². The first-order valence-electron chi connectivity index (χ1n) is 8.96. The molecule has 2 fully saturated rings. The summed E-state index contributed by atoms with van der Waals surface area (Å²) in [6.07, 6.45) is 2.80. The zero-order valence-corrected chi connectivity index (χ0v) is 15.9. The van der Waals surface area contributed by atoms with E-state index in [9.17, 15) is 9.18 Å². The molecule has 2 aliphatic heterocycles. The third-order valence-corrected chi connectivity index (χ3v) is 4.88. The number of ether oxygens (including phenoxy) is 1. The minimum Gasteiger partial charge on any atom is -0.378 e. The second-order valence-electron chi connectivity index (χ2n) is 6.81. The Morgan fingerprint density at radius 3 is 2.96 bits per heavy atom. The van der Waals surface area contributed by atoms with Gasteiger partial charge in [0.15, 0.2) is 0 Å². The van der Waals surface area contributed by atoms with Gasteiger partial charge in [-0.25, -0.2) is 4.39 Å². The number of carbonyl (C=O) groups is 1. The molecule has 2 saturated heterocycles. The van der Waals surface area contributed by atoms with Crippen LogP contribution in [-0.2, 0) is 9.53 Å². The first-order chi connectivity index (χ1) is 12.1. The summed E-state index contributed by atoms with van der Waals surface area (Å²) in [6, 6.07) is 6.95. The number of rotatable bonds is 6. The molecule has 0 aliphatic carbocycles. The summed E-state index contributed by atoms with van der Waals surface area (Å²) in [7, 11) is 1.84. The Kier molecular flexibility index (Phi) is 8.24. The van der Waals surface area contributed by atoms with Crippen molar-refractivity contribution in [3.63, 3.8) is 0 Å². The number of nitrogens with zero attached hydrogens (tertiary/aromatic N) is 1. The number of carbonyl (C=O) groups excluding carboxylic acids is 1. The van der Waals surface area contributed by atoms with E-state index >= 15 is 0 Å². The molecule has 1 aromatic carbocycles. The SMILES string of the molecule is CN(CCCC1CC(c2cccc(F)c2)NN1)C(=O)C1COCCN1.Cl. The summed E-state index contributed by atoms with van der Waals surface area (Å²) in [4.78, 5) is 14.1. The molecule has 3 rings (SSSR count). The van der Waals surface area contributed by atoms with E-state index in [4.69, 9.17) is 4.74 Å². The van der Waals surface area contributed by atoms with Crippen LogP contribution >= 0.6 is 12.4 Å². The molecule has 1 aromatic rings. The van der Waals surface area contributed by atoms with Crippen molar-refractivity contribution in [3.8, 4) is 0 Å². The fourth-order valence-corrected chi connectivity index (χ4v) is 3.43. The van der Waals surface area contributed by atoms with Crippen molar-refractivity contribution in [1.29, 1.82) is 0 Å². The van der Waals surface area contributed by atoms with Crippen LogP contribution < -0.4 is 16.2 Å². The highest BCUT2D eigenvalue weighted by molar-refractivity contribution is 5.85. The molecule has 0 spiro atoms. The zero-order valence-electron chi connectivity index (χ0n) is 15.0. The Labute approximate surface area is 160 Å². The monoisotopic (exact) mass is 386 g/mol. The van der Waals surface area contributed by atoms with Crippen LogP contribution in [0.3, 0.4) is 0 Å². The fourth-order valence-electron chi connectivity index (χ4n) is 3.43. The average molecular weight is 387 g/mol. The number of halogens is 2. The van der Waals surface area contributed by atoms with Gasteiger partial charge in [-0.05, 0) is 37.0 Å². The lowest BCUT2D eigenvalue weighted by Gasteiger charge is -2.27. The topological polar surface area (TPSA) is 65.6 Å². The van der Waals surface area contributed by atoms with Crippen molar-refractivity contribution >= 4 is 18.3 Å². The zero-order chi connectivity index (χ0) is 17.6. The van der Waals surface area contributed by atoms with Crippen LogP contribution in [-0.4, -0.2) is 56.2 Å². The van der Waals surface area contributed by atoms with Gasteiger partial charge in [0.1, 0.15) is 11.9 Å². The molecular weight excluding hydrogens is 359 g/mol. The Morgan fingerprint density at radius 2 is 2.23 bits per heavy atom. The normalized spacial score (nSPS) is 25.5. The first-order valence-corrected chi connectivity index (χ1v) is 8.96. The maximum absolute atomic E-state index is 13.3. The second kappa shape index (κ2) is 10.2. The molecule has 146 valence electrons. The van der Waals surface area contributed by atoms with Crippen LogP contribution in [0, 0.1) is 5.82 Å². The van der Waals surface area contributed by atoms with Gasteiger partial charge < -0.3 is 15.0 Å². The number of hydrazine groups is 1. The van der Waals surface area contributed by atoms with Gasteiger partial charge in [0.05, 0.1) is 13.2 Å². The van der Waals surface area contributed by atoms with Crippen molar-refractivity contribution in [3.05, 3.63) is 35.6 Å². The Bertz CT molecular complexity index is 586. The van der Waals surface area contributed by atoms with E-state index in [1.54, 1.807) is 17.0 Å². The molecule has 6 nitrogen and oxygen atoms in total. The van der Waals surface area contributed by atoms with Crippen LogP contribution in [0.4, 0.5) is 4.39 Å². The maximum Gasteiger partial charge on any atom is 0.241 e. The predicted molar refractivity (Wildman–Crippen MR) is 101 cm³/mol. The smallest absolute Gasteiger partial charge is 0.241 e. The summed E-state index contributed by atoms with van der Waals surface area (Å²) < 4.78 is 18.7. The molecule has 26 heavy (non-hydrogen) atoms. The summed E-state index contributed by atoms with van der Waals surface area (Å²) >= 11 is 0. The number of nitrogens with one attached hydrogen (secondary N) is 3. The molecule has 0 bridgehead atoms. The molecular formula is C18H28ClFN4O2. The molecule has 3 N–H and O–H groups in total. The molecule has 3 unspecified atom stereocenters. The van der Waals surface area contributed by atoms with E-state index in [1.165, 1.54) is 6.07 Å². The van der Waals surface area contributed by atoms with Crippen molar-refractivity contribution in [2.24, 2.45) is 0 Å². The Balaban J connectivity index is 0.00000243. The van der Waals surface area contributed by atoms with Crippen LogP contribution in [0.5, 0.6) is 0 Å². The van der Waals surface area contributed by atoms with Crippen LogP contribution in [0.2, 0.25) is 0 Å². The molecule has 0 radical (unpaired) electrons. The van der Waals surface area contributed by atoms with E-state index in [2.05, 4.69) is 16.2 Å². The molecule has 2 aliphatic rings. The van der Waals surface area contributed by atoms with Gasteiger partial charge in [-0.2, -0.15) is 0 Å². The number of hydrogen-bond acceptors (Lipinski definition) is 5. The third kappa shape index (κ3) is 5.62. The van der Waals surface area contributed by atoms with Gasteiger partial charge in [0.25, 0.3) is 0 Å². The number of likely N-dealkylation sites (N-methyl/N-ethyl adjacent to an activating group) is 1. The van der Waals surface area contributed by atoms with Crippen LogP contribution in [0.25, 0.3) is 0 Å². The minimum absolute atomic E-state index is 0. The second-order valence-corrected chi connectivity index (χ2v) is 6.81. The standard InChI is InChI=1S/C18H27FN4O2.ClH/c1-23(18(24)17-12-25-9-7-20-17)8-3-6-15-11-16(22-21-15)13-4-2-5-14(19)10-13;/h2,4-5,10,15-17,20-22H,3,6-9,11-12H2,1H3;1H. The molecule has 0 aromatic heterocycles. The fraction of sp³-hybridized carbons (Fsp3) is 0.611. The Hall–Kier alpha value is -1.25. The summed E-state index contributed by atoms with van der Waals surface area (Å²) in [5, 5.41) is 3.19. The van der Waals surface area contributed by atoms with Gasteiger partial charge in [-0.3, -0.25) is 15.6 Å². The van der Waals surface area contributed by atoms with Crippen molar-refractivity contribution in [2.45, 2.75) is 37.4 Å². The van der Waals surface area contributed by atoms with Crippen molar-refractivity contribution in [2.75, 3.05) is 33.4 Å². The van der Waals surface area contributed by atoms with Gasteiger partial charge in [-0.1, -0.05) is 12.1 Å². The molecule has 1 amide bonds. The largest absolute Gasteiger partial charge is 0.378 e. The highest BCUT2D eigenvalue weighted by Gasteiger charge is 2.26.